The molecule has 2 unspecified atom stereocenters. The van der Waals surface area contributed by atoms with E-state index in [1.807, 2.05) is 6.07 Å². The molecule has 0 bridgehead atoms. The first kappa shape index (κ1) is 13.6. The van der Waals surface area contributed by atoms with Crippen LogP contribution in [0.2, 0.25) is 0 Å². The largest absolute Gasteiger partial charge is 0.468 e. The predicted octanol–water partition coefficient (Wildman–Crippen LogP) is 3.48. The van der Waals surface area contributed by atoms with Crippen LogP contribution in [0.1, 0.15) is 50.9 Å². The zero-order valence-electron chi connectivity index (χ0n) is 11.6. The predicted molar refractivity (Wildman–Crippen MR) is 72.3 cm³/mol. The first-order valence-corrected chi connectivity index (χ1v) is 7.17. The van der Waals surface area contributed by atoms with Crippen LogP contribution in [0.4, 0.5) is 0 Å². The molecule has 1 aromatic rings. The number of ether oxygens (including phenoxy) is 1. The number of nitrogens with one attached hydrogen (secondary N) is 1. The Hall–Kier alpha value is -0.800. The van der Waals surface area contributed by atoms with Crippen molar-refractivity contribution in [3.05, 3.63) is 23.7 Å². The van der Waals surface area contributed by atoms with E-state index < -0.39 is 0 Å². The Kier molecular flexibility index (Phi) is 5.26. The van der Waals surface area contributed by atoms with Crippen molar-refractivity contribution >= 4 is 0 Å². The van der Waals surface area contributed by atoms with E-state index in [0.717, 1.165) is 24.8 Å². The molecule has 1 N–H and O–H groups in total. The van der Waals surface area contributed by atoms with E-state index in [9.17, 15) is 0 Å². The molecule has 0 radical (unpaired) electrons. The van der Waals surface area contributed by atoms with Crippen LogP contribution in [-0.4, -0.2) is 12.6 Å². The Bertz CT molecular complexity index is 348. The average molecular weight is 251 g/mol. The highest BCUT2D eigenvalue weighted by molar-refractivity contribution is 5.15. The molecule has 3 nitrogen and oxygen atoms in total. The summed E-state index contributed by atoms with van der Waals surface area (Å²) in [7, 11) is 0. The molecule has 1 heterocycles. The molecule has 2 rings (SSSR count). The van der Waals surface area contributed by atoms with E-state index in [0.29, 0.717) is 12.7 Å². The summed E-state index contributed by atoms with van der Waals surface area (Å²) in [6, 6.07) is 2.03. The first-order chi connectivity index (χ1) is 8.79. The van der Waals surface area contributed by atoms with Crippen LogP contribution in [0, 0.1) is 5.92 Å². The Morgan fingerprint density at radius 3 is 3.11 bits per heavy atom. The maximum atomic E-state index is 6.03. The third-order valence-corrected chi connectivity index (χ3v) is 3.74. The van der Waals surface area contributed by atoms with Gasteiger partial charge in [-0.25, -0.2) is 0 Å². The summed E-state index contributed by atoms with van der Waals surface area (Å²) < 4.78 is 11.5. The van der Waals surface area contributed by atoms with Crippen LogP contribution < -0.4 is 5.32 Å². The van der Waals surface area contributed by atoms with Gasteiger partial charge in [0.15, 0.2) is 0 Å². The Morgan fingerprint density at radius 2 is 2.33 bits per heavy atom. The number of hydrogen-bond acceptors (Lipinski definition) is 3. The van der Waals surface area contributed by atoms with E-state index in [-0.39, 0.29) is 0 Å². The van der Waals surface area contributed by atoms with Crippen molar-refractivity contribution in [2.75, 3.05) is 6.54 Å². The van der Waals surface area contributed by atoms with E-state index >= 15 is 0 Å². The Morgan fingerprint density at radius 1 is 1.44 bits per heavy atom. The third-order valence-electron chi connectivity index (χ3n) is 3.74. The van der Waals surface area contributed by atoms with Gasteiger partial charge in [-0.3, -0.25) is 0 Å². The summed E-state index contributed by atoms with van der Waals surface area (Å²) in [5.74, 6) is 1.83. The summed E-state index contributed by atoms with van der Waals surface area (Å²) in [5.41, 5.74) is 1.19. The lowest BCUT2D eigenvalue weighted by Gasteiger charge is -2.26. The second-order valence-electron chi connectivity index (χ2n) is 5.35. The second kappa shape index (κ2) is 6.95. The lowest BCUT2D eigenvalue weighted by atomic mass is 9.89. The van der Waals surface area contributed by atoms with Gasteiger partial charge in [-0.05, 0) is 31.4 Å². The molecule has 0 amide bonds. The van der Waals surface area contributed by atoms with Gasteiger partial charge in [-0.1, -0.05) is 26.7 Å². The summed E-state index contributed by atoms with van der Waals surface area (Å²) in [4.78, 5) is 0. The van der Waals surface area contributed by atoms with Crippen molar-refractivity contribution < 1.29 is 9.15 Å². The molecule has 1 fully saturated rings. The van der Waals surface area contributed by atoms with Crippen LogP contribution in [-0.2, 0) is 17.9 Å². The first-order valence-electron chi connectivity index (χ1n) is 7.17. The molecule has 0 aromatic carbocycles. The van der Waals surface area contributed by atoms with Crippen molar-refractivity contribution in [3.63, 3.8) is 0 Å². The van der Waals surface area contributed by atoms with Gasteiger partial charge in [0.2, 0.25) is 0 Å². The van der Waals surface area contributed by atoms with E-state index in [1.54, 1.807) is 6.26 Å². The Balaban J connectivity index is 1.80. The van der Waals surface area contributed by atoms with Crippen molar-refractivity contribution in [2.45, 2.75) is 58.8 Å². The fraction of sp³-hybridized carbons (Fsp3) is 0.733. The van der Waals surface area contributed by atoms with Gasteiger partial charge in [0.25, 0.3) is 0 Å². The quantitative estimate of drug-likeness (QED) is 0.840. The van der Waals surface area contributed by atoms with Crippen molar-refractivity contribution in [1.82, 2.24) is 5.32 Å². The fourth-order valence-electron chi connectivity index (χ4n) is 2.63. The number of hydrogen-bond donors (Lipinski definition) is 1. The van der Waals surface area contributed by atoms with Crippen molar-refractivity contribution in [2.24, 2.45) is 5.92 Å². The highest BCUT2D eigenvalue weighted by Crippen LogP contribution is 2.26. The molecule has 0 spiro atoms. The smallest absolute Gasteiger partial charge is 0.123 e. The molecule has 0 saturated heterocycles. The van der Waals surface area contributed by atoms with E-state index in [2.05, 4.69) is 19.2 Å². The summed E-state index contributed by atoms with van der Waals surface area (Å²) in [6.45, 7) is 6.87. The molecule has 2 atom stereocenters. The van der Waals surface area contributed by atoms with E-state index in [4.69, 9.17) is 9.15 Å². The normalized spacial score (nSPS) is 24.3. The maximum Gasteiger partial charge on any atom is 0.123 e. The fourth-order valence-corrected chi connectivity index (χ4v) is 2.63. The van der Waals surface area contributed by atoms with Gasteiger partial charge in [-0.15, -0.1) is 0 Å². The monoisotopic (exact) mass is 251 g/mol. The number of furan rings is 1. The molecule has 1 aliphatic carbocycles. The van der Waals surface area contributed by atoms with Crippen LogP contribution in [0.25, 0.3) is 0 Å². The minimum atomic E-state index is 0.440. The molecule has 1 saturated carbocycles. The zero-order valence-corrected chi connectivity index (χ0v) is 11.6. The number of rotatable bonds is 6. The third kappa shape index (κ3) is 3.85. The molecule has 3 heteroatoms. The van der Waals surface area contributed by atoms with Crippen molar-refractivity contribution in [1.29, 1.82) is 0 Å². The van der Waals surface area contributed by atoms with Crippen LogP contribution in [0.5, 0.6) is 0 Å². The lowest BCUT2D eigenvalue weighted by Crippen LogP contribution is -2.21. The topological polar surface area (TPSA) is 34.4 Å². The minimum Gasteiger partial charge on any atom is -0.468 e. The van der Waals surface area contributed by atoms with Gasteiger partial charge in [0.05, 0.1) is 25.5 Å². The maximum absolute atomic E-state index is 6.03. The van der Waals surface area contributed by atoms with E-state index in [1.165, 1.54) is 31.2 Å². The van der Waals surface area contributed by atoms with Gasteiger partial charge in [0.1, 0.15) is 5.76 Å². The molecule has 102 valence electrons. The standard InChI is InChI=1S/C15H25NO2/c1-3-16-10-15-13(7-8-17-15)11-18-14-6-4-5-12(2)9-14/h7-8,12,14,16H,3-6,9-11H2,1-2H3. The second-order valence-corrected chi connectivity index (χ2v) is 5.35. The van der Waals surface area contributed by atoms with Crippen LogP contribution >= 0.6 is 0 Å². The van der Waals surface area contributed by atoms with Crippen molar-refractivity contribution in [3.8, 4) is 0 Å². The molecule has 1 aromatic heterocycles. The molecular weight excluding hydrogens is 226 g/mol. The lowest BCUT2D eigenvalue weighted by molar-refractivity contribution is 0.00407. The molecule has 18 heavy (non-hydrogen) atoms. The SMILES string of the molecule is CCNCc1occc1COC1CCCC(C)C1. The minimum absolute atomic E-state index is 0.440. The zero-order chi connectivity index (χ0) is 12.8. The average Bonchev–Trinajstić information content (AvgIpc) is 2.81. The van der Waals surface area contributed by atoms with Gasteiger partial charge < -0.3 is 14.5 Å². The van der Waals surface area contributed by atoms with Gasteiger partial charge >= 0.3 is 0 Å². The summed E-state index contributed by atoms with van der Waals surface area (Å²) in [6.07, 6.45) is 7.29. The summed E-state index contributed by atoms with van der Waals surface area (Å²) in [5, 5.41) is 3.29. The van der Waals surface area contributed by atoms with Crippen LogP contribution in [0.15, 0.2) is 16.7 Å². The van der Waals surface area contributed by atoms with Gasteiger partial charge in [0, 0.05) is 5.56 Å². The highest BCUT2D eigenvalue weighted by Gasteiger charge is 2.19. The highest BCUT2D eigenvalue weighted by atomic mass is 16.5. The Labute approximate surface area is 110 Å². The molecular formula is C15H25NO2. The van der Waals surface area contributed by atoms with Crippen LogP contribution in [0.3, 0.4) is 0 Å². The molecule has 0 aliphatic heterocycles. The van der Waals surface area contributed by atoms with Gasteiger partial charge in [-0.2, -0.15) is 0 Å². The molecule has 1 aliphatic rings. The summed E-state index contributed by atoms with van der Waals surface area (Å²) >= 11 is 0.